The second-order valence-electron chi connectivity index (χ2n) is 8.00. The molecule has 2 radical (unpaired) electrons. The highest BCUT2D eigenvalue weighted by Gasteiger charge is 2.45. The lowest BCUT2D eigenvalue weighted by Gasteiger charge is -2.39. The Balaban J connectivity index is 3.26. The lowest BCUT2D eigenvalue weighted by atomic mass is 9.69. The molecule has 1 heterocycles. The maximum Gasteiger partial charge on any atom is 0.316 e. The van der Waals surface area contributed by atoms with Crippen molar-refractivity contribution in [3.05, 3.63) is 0 Å². The van der Waals surface area contributed by atoms with Crippen molar-refractivity contribution in [3.63, 3.8) is 0 Å². The van der Waals surface area contributed by atoms with Gasteiger partial charge in [0.1, 0.15) is 37.0 Å². The average Bonchev–Trinajstić information content (AvgIpc) is 2.62. The van der Waals surface area contributed by atoms with Crippen LogP contribution < -0.4 is 0 Å². The molecule has 0 bridgehead atoms. The summed E-state index contributed by atoms with van der Waals surface area (Å²) in [4.78, 5) is 37.3. The number of hydrogen-bond donors (Lipinski definition) is 2. The van der Waals surface area contributed by atoms with Crippen LogP contribution in [0.25, 0.3) is 0 Å². The molecule has 1 saturated heterocycles. The topological polar surface area (TPSA) is 110 Å². The van der Waals surface area contributed by atoms with Crippen molar-refractivity contribution in [2.24, 2.45) is 17.8 Å². The molecule has 0 aromatic heterocycles. The predicted octanol–water partition coefficient (Wildman–Crippen LogP) is 0.772. The van der Waals surface area contributed by atoms with Gasteiger partial charge in [-0.3, -0.25) is 14.4 Å². The van der Waals surface area contributed by atoms with Crippen LogP contribution in [-0.2, 0) is 23.9 Å². The maximum atomic E-state index is 12.7. The molecule has 0 aliphatic carbocycles. The van der Waals surface area contributed by atoms with Crippen molar-refractivity contribution in [2.45, 2.75) is 77.2 Å². The van der Waals surface area contributed by atoms with Gasteiger partial charge in [-0.25, -0.2) is 0 Å². The molecule has 7 nitrogen and oxygen atoms in total. The number of cyclic esters (lactones) is 1. The van der Waals surface area contributed by atoms with E-state index in [0.29, 0.717) is 0 Å². The Kier molecular flexibility index (Phi) is 7.79. The van der Waals surface area contributed by atoms with E-state index in [1.165, 1.54) is 34.8 Å². The highest BCUT2D eigenvalue weighted by atomic mass is 16.6. The number of hydrogen-bond acceptors (Lipinski definition) is 7. The first kappa shape index (κ1) is 23.8. The van der Waals surface area contributed by atoms with Crippen LogP contribution in [0.1, 0.15) is 53.9 Å². The van der Waals surface area contributed by atoms with Crippen LogP contribution in [0.3, 0.4) is 0 Å². The summed E-state index contributed by atoms with van der Waals surface area (Å²) in [6.45, 7) is 7.32. The summed E-state index contributed by atoms with van der Waals surface area (Å²) in [7, 11) is 7.60. The van der Waals surface area contributed by atoms with Gasteiger partial charge >= 0.3 is 5.97 Å². The first-order valence-corrected chi connectivity index (χ1v) is 9.28. The molecular weight excluding hydrogens is 351 g/mol. The second kappa shape index (κ2) is 8.84. The van der Waals surface area contributed by atoms with Gasteiger partial charge in [0.05, 0.1) is 6.10 Å². The van der Waals surface area contributed by atoms with E-state index >= 15 is 0 Å². The lowest BCUT2D eigenvalue weighted by molar-refractivity contribution is -0.186. The summed E-state index contributed by atoms with van der Waals surface area (Å²) in [5, 5.41) is 21.3. The SMILES string of the molecule is [B][C@]1(OC)CCC(=O)[C@@H](C)C(=O)OC(C)C(C)(O)C(O)[C@@H](C)C(=O)C(C)C1. The third kappa shape index (κ3) is 5.39. The molecule has 152 valence electrons. The molecule has 0 saturated carbocycles. The van der Waals surface area contributed by atoms with Crippen LogP contribution in [0.15, 0.2) is 0 Å². The van der Waals surface area contributed by atoms with E-state index < -0.39 is 47.0 Å². The standard InChI is InChI=1S/C19H31BO7/c1-10-9-19(20,26-6)8-7-14(21)11(2)17(24)27-13(4)18(5,25)16(23)12(3)15(10)22/h10-13,16,23,25H,7-9H2,1-6H3/t10?,11-,12+,13?,16?,18?,19+/m1/s1. The molecule has 0 aromatic carbocycles. The van der Waals surface area contributed by atoms with Crippen LogP contribution in [0, 0.1) is 17.8 Å². The molecule has 0 aromatic rings. The molecule has 1 rings (SSSR count). The summed E-state index contributed by atoms with van der Waals surface area (Å²) < 4.78 is 10.5. The number of esters is 1. The van der Waals surface area contributed by atoms with E-state index in [2.05, 4.69) is 0 Å². The monoisotopic (exact) mass is 382 g/mol. The summed E-state index contributed by atoms with van der Waals surface area (Å²) >= 11 is 0. The summed E-state index contributed by atoms with van der Waals surface area (Å²) in [6.07, 6.45) is -2.31. The van der Waals surface area contributed by atoms with Crippen molar-refractivity contribution in [3.8, 4) is 0 Å². The smallest absolute Gasteiger partial charge is 0.316 e. The van der Waals surface area contributed by atoms with Crippen molar-refractivity contribution in [2.75, 3.05) is 7.11 Å². The predicted molar refractivity (Wildman–Crippen MR) is 99.0 cm³/mol. The number of rotatable bonds is 1. The molecule has 27 heavy (non-hydrogen) atoms. The van der Waals surface area contributed by atoms with Gasteiger partial charge in [-0.15, -0.1) is 0 Å². The third-order valence-electron chi connectivity index (χ3n) is 5.81. The second-order valence-corrected chi connectivity index (χ2v) is 8.00. The zero-order valence-corrected chi connectivity index (χ0v) is 17.0. The van der Waals surface area contributed by atoms with Gasteiger partial charge in [-0.2, -0.15) is 0 Å². The molecule has 8 heteroatoms. The minimum Gasteiger partial charge on any atom is -0.459 e. The highest BCUT2D eigenvalue weighted by Crippen LogP contribution is 2.31. The van der Waals surface area contributed by atoms with E-state index in [1.807, 2.05) is 0 Å². The number of aliphatic hydroxyl groups excluding tert-OH is 1. The number of aliphatic hydroxyl groups is 2. The number of carbonyl (C=O) groups excluding carboxylic acids is 3. The van der Waals surface area contributed by atoms with E-state index in [9.17, 15) is 24.6 Å². The number of ether oxygens (including phenoxy) is 2. The van der Waals surface area contributed by atoms with Crippen molar-refractivity contribution in [1.29, 1.82) is 0 Å². The Bertz CT molecular complexity index is 576. The van der Waals surface area contributed by atoms with Gasteiger partial charge in [0, 0.05) is 30.9 Å². The van der Waals surface area contributed by atoms with Gasteiger partial charge in [0.2, 0.25) is 0 Å². The summed E-state index contributed by atoms with van der Waals surface area (Å²) in [5.41, 5.74) is -3.10. The first-order valence-electron chi connectivity index (χ1n) is 9.28. The largest absolute Gasteiger partial charge is 0.459 e. The summed E-state index contributed by atoms with van der Waals surface area (Å²) in [5.74, 6) is -4.00. The number of carbonyl (C=O) groups is 3. The minimum atomic E-state index is -1.88. The first-order chi connectivity index (χ1) is 12.3. The highest BCUT2D eigenvalue weighted by molar-refractivity contribution is 6.15. The van der Waals surface area contributed by atoms with Crippen LogP contribution in [-0.4, -0.2) is 66.0 Å². The number of Topliss-reactive ketones (excluding diaryl/α,β-unsaturated/α-hetero) is 2. The van der Waals surface area contributed by atoms with Crippen molar-refractivity contribution < 1.29 is 34.1 Å². The molecular formula is C19H31BO7. The quantitative estimate of drug-likeness (QED) is 0.392. The van der Waals surface area contributed by atoms with Crippen LogP contribution in [0.2, 0.25) is 0 Å². The molecule has 0 amide bonds. The normalized spacial score (nSPS) is 43.1. The van der Waals surface area contributed by atoms with Crippen LogP contribution >= 0.6 is 0 Å². The average molecular weight is 382 g/mol. The molecule has 7 atom stereocenters. The number of methoxy groups -OCH3 is 1. The Morgan fingerprint density at radius 3 is 2.26 bits per heavy atom. The lowest BCUT2D eigenvalue weighted by Crippen LogP contribution is -2.55. The minimum absolute atomic E-state index is 0.00945. The van der Waals surface area contributed by atoms with Gasteiger partial charge in [-0.05, 0) is 33.6 Å². The zero-order valence-electron chi connectivity index (χ0n) is 17.0. The molecule has 1 aliphatic heterocycles. The summed E-state index contributed by atoms with van der Waals surface area (Å²) in [6, 6.07) is 0. The molecule has 1 aliphatic rings. The van der Waals surface area contributed by atoms with E-state index in [0.717, 1.165) is 0 Å². The van der Waals surface area contributed by atoms with E-state index in [-0.39, 0.29) is 30.8 Å². The van der Waals surface area contributed by atoms with Crippen molar-refractivity contribution >= 4 is 25.4 Å². The Labute approximate surface area is 162 Å². The van der Waals surface area contributed by atoms with E-state index in [4.69, 9.17) is 17.3 Å². The zero-order chi connectivity index (χ0) is 21.2. The van der Waals surface area contributed by atoms with Gasteiger partial charge < -0.3 is 19.7 Å². The molecule has 2 N–H and O–H groups in total. The Hall–Kier alpha value is -1.25. The molecule has 0 spiro atoms. The molecule has 1 fully saturated rings. The van der Waals surface area contributed by atoms with Gasteiger partial charge in [0.25, 0.3) is 0 Å². The van der Waals surface area contributed by atoms with E-state index in [1.54, 1.807) is 6.92 Å². The van der Waals surface area contributed by atoms with Gasteiger partial charge in [0.15, 0.2) is 0 Å². The van der Waals surface area contributed by atoms with Crippen LogP contribution in [0.4, 0.5) is 0 Å². The fourth-order valence-corrected chi connectivity index (χ4v) is 3.34. The van der Waals surface area contributed by atoms with Crippen molar-refractivity contribution in [1.82, 2.24) is 0 Å². The fourth-order valence-electron chi connectivity index (χ4n) is 3.34. The fraction of sp³-hybridized carbons (Fsp3) is 0.842. The third-order valence-corrected chi connectivity index (χ3v) is 5.81. The van der Waals surface area contributed by atoms with Gasteiger partial charge in [-0.1, -0.05) is 13.8 Å². The Morgan fingerprint density at radius 1 is 1.19 bits per heavy atom. The molecule has 4 unspecified atom stereocenters. The number of ketones is 2. The maximum absolute atomic E-state index is 12.7. The Morgan fingerprint density at radius 2 is 1.74 bits per heavy atom. The van der Waals surface area contributed by atoms with Crippen LogP contribution in [0.5, 0.6) is 0 Å².